The van der Waals surface area contributed by atoms with Crippen molar-refractivity contribution in [1.82, 2.24) is 0 Å². The number of allylic oxidation sites excluding steroid dienone is 1. The van der Waals surface area contributed by atoms with Crippen LogP contribution in [-0.4, -0.2) is 28.1 Å². The summed E-state index contributed by atoms with van der Waals surface area (Å²) >= 11 is 0. The summed E-state index contributed by atoms with van der Waals surface area (Å²) < 4.78 is 40.2. The average molecular weight is 457 g/mol. The molecule has 3 fully saturated rings. The Hall–Kier alpha value is -0.550. The van der Waals surface area contributed by atoms with Crippen LogP contribution in [0.5, 0.6) is 0 Å². The van der Waals surface area contributed by atoms with Crippen LogP contribution in [0.15, 0.2) is 11.6 Å². The van der Waals surface area contributed by atoms with Gasteiger partial charge in [0, 0.05) is 0 Å². The molecule has 0 bridgehead atoms. The van der Waals surface area contributed by atoms with E-state index in [1.165, 1.54) is 25.3 Å². The van der Waals surface area contributed by atoms with E-state index in [1.807, 2.05) is 0 Å². The maximum absolute atomic E-state index is 13.4. The summed E-state index contributed by atoms with van der Waals surface area (Å²) in [6.45, 7) is 8.41. The van der Waals surface area contributed by atoms with Crippen LogP contribution in [0.2, 0.25) is 0 Å². The minimum Gasteiger partial charge on any atom is -0.393 e. The molecule has 0 aromatic heterocycles. The van der Waals surface area contributed by atoms with E-state index in [2.05, 4.69) is 26.8 Å². The maximum atomic E-state index is 13.4. The zero-order valence-electron chi connectivity index (χ0n) is 20.3. The van der Waals surface area contributed by atoms with Gasteiger partial charge in [0.1, 0.15) is 0 Å². The van der Waals surface area contributed by atoms with Gasteiger partial charge in [0.15, 0.2) is 5.60 Å². The van der Waals surface area contributed by atoms with Crippen LogP contribution in [-0.2, 0) is 0 Å². The largest absolute Gasteiger partial charge is 0.417 e. The van der Waals surface area contributed by atoms with Crippen molar-refractivity contribution < 1.29 is 23.4 Å². The van der Waals surface area contributed by atoms with E-state index in [0.717, 1.165) is 38.5 Å². The first kappa shape index (κ1) is 24.6. The molecule has 0 unspecified atom stereocenters. The monoisotopic (exact) mass is 456 g/mol. The molecule has 0 amide bonds. The molecule has 184 valence electrons. The molecule has 4 aliphatic rings. The maximum Gasteiger partial charge on any atom is 0.417 e. The zero-order chi connectivity index (χ0) is 23.5. The number of alkyl halides is 3. The lowest BCUT2D eigenvalue weighted by atomic mass is 9.47. The third-order valence-corrected chi connectivity index (χ3v) is 11.0. The molecular formula is C27H43F3O2. The fraction of sp³-hybridized carbons (Fsp3) is 0.926. The predicted octanol–water partition coefficient (Wildman–Crippen LogP) is 7.05. The van der Waals surface area contributed by atoms with Crippen LogP contribution < -0.4 is 0 Å². The van der Waals surface area contributed by atoms with Gasteiger partial charge in [-0.25, -0.2) is 0 Å². The molecule has 0 heterocycles. The van der Waals surface area contributed by atoms with Crippen LogP contribution >= 0.6 is 0 Å². The first-order chi connectivity index (χ1) is 14.9. The summed E-state index contributed by atoms with van der Waals surface area (Å²) in [5.41, 5.74) is -0.658. The Morgan fingerprint density at radius 1 is 1.09 bits per heavy atom. The number of halogens is 3. The van der Waals surface area contributed by atoms with Crippen molar-refractivity contribution in [2.24, 2.45) is 40.4 Å². The summed E-state index contributed by atoms with van der Waals surface area (Å²) in [7, 11) is 0. The number of fused-ring (bicyclic) bond motifs is 5. The second-order valence-corrected chi connectivity index (χ2v) is 12.3. The summed E-state index contributed by atoms with van der Waals surface area (Å²) in [6.07, 6.45) is 6.24. The number of aliphatic hydroxyl groups is 2. The van der Waals surface area contributed by atoms with Gasteiger partial charge in [0.05, 0.1) is 6.10 Å². The van der Waals surface area contributed by atoms with Crippen molar-refractivity contribution in [3.05, 3.63) is 11.6 Å². The molecule has 4 rings (SSSR count). The molecule has 2 nitrogen and oxygen atoms in total. The van der Waals surface area contributed by atoms with Crippen LogP contribution in [0, 0.1) is 40.4 Å². The summed E-state index contributed by atoms with van der Waals surface area (Å²) in [4.78, 5) is 0. The Morgan fingerprint density at radius 2 is 1.81 bits per heavy atom. The molecule has 0 aliphatic heterocycles. The Kier molecular flexibility index (Phi) is 6.36. The van der Waals surface area contributed by atoms with Gasteiger partial charge in [-0.3, -0.25) is 0 Å². The molecule has 0 radical (unpaired) electrons. The topological polar surface area (TPSA) is 40.5 Å². The lowest BCUT2D eigenvalue weighted by Crippen LogP contribution is -2.51. The zero-order valence-corrected chi connectivity index (χ0v) is 20.3. The van der Waals surface area contributed by atoms with Gasteiger partial charge in [0.25, 0.3) is 0 Å². The van der Waals surface area contributed by atoms with Gasteiger partial charge in [-0.2, -0.15) is 13.2 Å². The van der Waals surface area contributed by atoms with Gasteiger partial charge >= 0.3 is 6.18 Å². The van der Waals surface area contributed by atoms with Crippen molar-refractivity contribution in [2.75, 3.05) is 0 Å². The minimum absolute atomic E-state index is 0.185. The van der Waals surface area contributed by atoms with Crippen molar-refractivity contribution in [3.63, 3.8) is 0 Å². The molecule has 4 aliphatic carbocycles. The Bertz CT molecular complexity index is 733. The molecule has 0 saturated heterocycles. The quantitative estimate of drug-likeness (QED) is 0.435. The molecule has 0 spiro atoms. The van der Waals surface area contributed by atoms with E-state index in [0.29, 0.717) is 30.1 Å². The van der Waals surface area contributed by atoms with E-state index in [9.17, 15) is 23.4 Å². The summed E-state index contributed by atoms with van der Waals surface area (Å²) in [6, 6.07) is 0. The third-order valence-electron chi connectivity index (χ3n) is 11.0. The summed E-state index contributed by atoms with van der Waals surface area (Å²) in [5, 5.41) is 20.4. The first-order valence-corrected chi connectivity index (χ1v) is 13.0. The fourth-order valence-electron chi connectivity index (χ4n) is 8.80. The Morgan fingerprint density at radius 3 is 2.47 bits per heavy atom. The highest BCUT2D eigenvalue weighted by Gasteiger charge is 2.59. The van der Waals surface area contributed by atoms with E-state index in [-0.39, 0.29) is 35.7 Å². The van der Waals surface area contributed by atoms with Crippen molar-refractivity contribution in [2.45, 2.75) is 116 Å². The van der Waals surface area contributed by atoms with E-state index < -0.39 is 11.8 Å². The van der Waals surface area contributed by atoms with Gasteiger partial charge in [-0.05, 0) is 111 Å². The molecule has 0 aromatic carbocycles. The standard InChI is InChI=1S/C27H43F3O2/c1-5-26(32,27(28,29)30)15-10-17(2)21-8-9-22-20-7-6-18-16-19(31)11-13-24(18,3)23(20)12-14-25(21,22)4/h6,17,19-23,31-32H,5,7-16H2,1-4H3/t17-,19+,20+,21-,22+,23+,24+,25-,26+/m1/s1. The average Bonchev–Trinajstić information content (AvgIpc) is 3.08. The summed E-state index contributed by atoms with van der Waals surface area (Å²) in [5.74, 6) is 2.62. The van der Waals surface area contributed by atoms with E-state index >= 15 is 0 Å². The molecule has 2 N–H and O–H groups in total. The lowest BCUT2D eigenvalue weighted by molar-refractivity contribution is -0.264. The molecule has 0 aromatic rings. The predicted molar refractivity (Wildman–Crippen MR) is 121 cm³/mol. The Balaban J connectivity index is 1.48. The number of aliphatic hydroxyl groups excluding tert-OH is 1. The number of rotatable bonds is 5. The van der Waals surface area contributed by atoms with Crippen molar-refractivity contribution in [1.29, 1.82) is 0 Å². The normalized spacial score (nSPS) is 44.7. The highest BCUT2D eigenvalue weighted by atomic mass is 19.4. The highest BCUT2D eigenvalue weighted by molar-refractivity contribution is 5.25. The fourth-order valence-corrected chi connectivity index (χ4v) is 8.80. The molecule has 32 heavy (non-hydrogen) atoms. The van der Waals surface area contributed by atoms with Crippen LogP contribution in [0.25, 0.3) is 0 Å². The van der Waals surface area contributed by atoms with Crippen LogP contribution in [0.1, 0.15) is 98.3 Å². The second-order valence-electron chi connectivity index (χ2n) is 12.3. The minimum atomic E-state index is -4.56. The second kappa shape index (κ2) is 8.29. The van der Waals surface area contributed by atoms with Gasteiger partial charge in [0.2, 0.25) is 0 Å². The highest BCUT2D eigenvalue weighted by Crippen LogP contribution is 2.67. The van der Waals surface area contributed by atoms with Gasteiger partial charge in [-0.15, -0.1) is 0 Å². The van der Waals surface area contributed by atoms with Crippen LogP contribution in [0.4, 0.5) is 13.2 Å². The smallest absolute Gasteiger partial charge is 0.393 e. The van der Waals surface area contributed by atoms with Gasteiger partial charge in [-0.1, -0.05) is 39.3 Å². The third kappa shape index (κ3) is 3.78. The van der Waals surface area contributed by atoms with Crippen LogP contribution in [0.3, 0.4) is 0 Å². The van der Waals surface area contributed by atoms with Crippen molar-refractivity contribution >= 4 is 0 Å². The van der Waals surface area contributed by atoms with E-state index in [4.69, 9.17) is 0 Å². The SMILES string of the molecule is CC[C@](O)(CC[C@@H](C)[C@H]1CC[C@H]2[C@@H]3CC=C4C[C@@H](O)CC[C@]4(C)[C@H]3CC[C@]12C)C(F)(F)F. The molecular weight excluding hydrogens is 413 g/mol. The van der Waals surface area contributed by atoms with Gasteiger partial charge < -0.3 is 10.2 Å². The molecule has 3 saturated carbocycles. The number of hydrogen-bond acceptors (Lipinski definition) is 2. The molecule has 9 atom stereocenters. The Labute approximate surface area is 192 Å². The van der Waals surface area contributed by atoms with E-state index in [1.54, 1.807) is 0 Å². The molecule has 5 heteroatoms. The lowest BCUT2D eigenvalue weighted by Gasteiger charge is -2.58. The van der Waals surface area contributed by atoms with Crippen molar-refractivity contribution in [3.8, 4) is 0 Å². The number of hydrogen-bond donors (Lipinski definition) is 2. The first-order valence-electron chi connectivity index (χ1n) is 13.0.